The van der Waals surface area contributed by atoms with Crippen LogP contribution in [0.2, 0.25) is 0 Å². The second-order valence-electron chi connectivity index (χ2n) is 1.81. The number of hydrogen-bond donors (Lipinski definition) is 0. The van der Waals surface area contributed by atoms with Crippen molar-refractivity contribution in [2.24, 2.45) is 0 Å². The quantitative estimate of drug-likeness (QED) is 0.566. The first kappa shape index (κ1) is 8.82. The summed E-state index contributed by atoms with van der Waals surface area (Å²) in [5, 5.41) is -0.406. The smallest absolute Gasteiger partial charge is 0.319 e. The summed E-state index contributed by atoms with van der Waals surface area (Å²) in [6, 6.07) is 0. The average Bonchev–Trinajstić information content (AvgIpc) is 1.82. The molecule has 0 amide bonds. The molecule has 1 radical (unpaired) electrons. The number of esters is 1. The van der Waals surface area contributed by atoms with Crippen molar-refractivity contribution in [3.05, 3.63) is 0 Å². The molecule has 0 heterocycles. The van der Waals surface area contributed by atoms with Crippen LogP contribution >= 0.6 is 12.6 Å². The summed E-state index contributed by atoms with van der Waals surface area (Å²) in [7, 11) is 0. The van der Waals surface area contributed by atoms with Gasteiger partial charge in [-0.05, 0) is 13.3 Å². The molecule has 0 bridgehead atoms. The van der Waals surface area contributed by atoms with Gasteiger partial charge in [-0.2, -0.15) is 0 Å². The SMILES string of the molecule is CCCOC(=O)C(C)[S]. The largest absolute Gasteiger partial charge is 0.465 e. The fourth-order valence-electron chi connectivity index (χ4n) is 0.320. The summed E-state index contributed by atoms with van der Waals surface area (Å²) < 4.78 is 4.71. The highest BCUT2D eigenvalue weighted by Crippen LogP contribution is 1.95. The van der Waals surface area contributed by atoms with Gasteiger partial charge in [0, 0.05) is 0 Å². The molecule has 0 spiro atoms. The van der Waals surface area contributed by atoms with E-state index in [9.17, 15) is 4.79 Å². The molecule has 1 atom stereocenters. The molecule has 0 saturated carbocycles. The van der Waals surface area contributed by atoms with Gasteiger partial charge < -0.3 is 4.74 Å². The van der Waals surface area contributed by atoms with Crippen LogP contribution < -0.4 is 0 Å². The van der Waals surface area contributed by atoms with Crippen molar-refractivity contribution in [1.29, 1.82) is 0 Å². The molecule has 0 N–H and O–H groups in total. The molecular weight excluding hydrogens is 136 g/mol. The van der Waals surface area contributed by atoms with Crippen molar-refractivity contribution >= 4 is 18.6 Å². The Kier molecular flexibility index (Phi) is 4.58. The fourth-order valence-corrected chi connectivity index (χ4v) is 0.388. The summed E-state index contributed by atoms with van der Waals surface area (Å²) in [6.07, 6.45) is 0.855. The van der Waals surface area contributed by atoms with Crippen LogP contribution in [0.5, 0.6) is 0 Å². The van der Waals surface area contributed by atoms with Gasteiger partial charge in [0.25, 0.3) is 0 Å². The zero-order chi connectivity index (χ0) is 7.28. The van der Waals surface area contributed by atoms with Crippen molar-refractivity contribution in [2.45, 2.75) is 25.5 Å². The summed E-state index contributed by atoms with van der Waals surface area (Å²) in [6.45, 7) is 4.08. The van der Waals surface area contributed by atoms with E-state index in [2.05, 4.69) is 12.6 Å². The minimum absolute atomic E-state index is 0.285. The Balaban J connectivity index is 3.28. The third-order valence-corrected chi connectivity index (χ3v) is 0.973. The van der Waals surface area contributed by atoms with Crippen LogP contribution in [0.15, 0.2) is 0 Å². The van der Waals surface area contributed by atoms with Crippen LogP contribution in [-0.2, 0) is 9.53 Å². The van der Waals surface area contributed by atoms with Gasteiger partial charge in [0.05, 0.1) is 6.61 Å². The van der Waals surface area contributed by atoms with E-state index in [0.717, 1.165) is 6.42 Å². The molecule has 0 aliphatic rings. The lowest BCUT2D eigenvalue weighted by Gasteiger charge is -2.02. The third kappa shape index (κ3) is 4.33. The van der Waals surface area contributed by atoms with Crippen molar-refractivity contribution in [1.82, 2.24) is 0 Å². The summed E-state index contributed by atoms with van der Waals surface area (Å²) in [5.41, 5.74) is 0. The molecule has 3 heteroatoms. The zero-order valence-electron chi connectivity index (χ0n) is 5.72. The number of ether oxygens (including phenoxy) is 1. The molecule has 9 heavy (non-hydrogen) atoms. The van der Waals surface area contributed by atoms with Crippen LogP contribution in [0.4, 0.5) is 0 Å². The Labute approximate surface area is 61.0 Å². The molecule has 0 saturated heterocycles. The van der Waals surface area contributed by atoms with Crippen LogP contribution in [0, 0.1) is 0 Å². The molecular formula is C6H11O2S. The lowest BCUT2D eigenvalue weighted by Crippen LogP contribution is -2.14. The van der Waals surface area contributed by atoms with Crippen LogP contribution in [-0.4, -0.2) is 17.8 Å². The molecule has 0 aliphatic carbocycles. The van der Waals surface area contributed by atoms with E-state index >= 15 is 0 Å². The molecule has 0 aromatic carbocycles. The van der Waals surface area contributed by atoms with Crippen LogP contribution in [0.1, 0.15) is 20.3 Å². The Bertz CT molecular complexity index is 91.1. The summed E-state index contributed by atoms with van der Waals surface area (Å²) in [5.74, 6) is -0.285. The Morgan fingerprint density at radius 2 is 2.33 bits per heavy atom. The monoisotopic (exact) mass is 147 g/mol. The van der Waals surface area contributed by atoms with E-state index in [0.29, 0.717) is 6.61 Å². The topological polar surface area (TPSA) is 26.3 Å². The van der Waals surface area contributed by atoms with E-state index in [-0.39, 0.29) is 5.97 Å². The summed E-state index contributed by atoms with van der Waals surface area (Å²) in [4.78, 5) is 10.6. The van der Waals surface area contributed by atoms with Crippen molar-refractivity contribution in [3.8, 4) is 0 Å². The molecule has 0 aromatic heterocycles. The van der Waals surface area contributed by atoms with E-state index in [1.54, 1.807) is 6.92 Å². The van der Waals surface area contributed by atoms with Gasteiger partial charge in [-0.25, -0.2) is 0 Å². The first-order chi connectivity index (χ1) is 4.18. The Morgan fingerprint density at radius 3 is 2.67 bits per heavy atom. The van der Waals surface area contributed by atoms with Crippen LogP contribution in [0.3, 0.4) is 0 Å². The van der Waals surface area contributed by atoms with Gasteiger partial charge in [-0.15, -0.1) is 0 Å². The highest BCUT2D eigenvalue weighted by molar-refractivity contribution is 7.81. The average molecular weight is 147 g/mol. The molecule has 1 unspecified atom stereocenters. The number of rotatable bonds is 3. The lowest BCUT2D eigenvalue weighted by atomic mass is 10.5. The number of carbonyl (C=O) groups is 1. The summed E-state index contributed by atoms with van der Waals surface area (Å²) >= 11 is 4.64. The second-order valence-corrected chi connectivity index (χ2v) is 2.52. The molecule has 0 aliphatic heterocycles. The van der Waals surface area contributed by atoms with E-state index in [1.807, 2.05) is 6.92 Å². The van der Waals surface area contributed by atoms with Crippen molar-refractivity contribution in [3.63, 3.8) is 0 Å². The minimum atomic E-state index is -0.406. The van der Waals surface area contributed by atoms with Gasteiger partial charge in [-0.3, -0.25) is 4.79 Å². The predicted molar refractivity (Wildman–Crippen MR) is 38.3 cm³/mol. The zero-order valence-corrected chi connectivity index (χ0v) is 6.53. The molecule has 0 aromatic rings. The molecule has 0 rings (SSSR count). The normalized spacial score (nSPS) is 12.8. The Hall–Kier alpha value is -0.180. The maximum Gasteiger partial charge on any atom is 0.319 e. The number of hydrogen-bond acceptors (Lipinski definition) is 2. The predicted octanol–water partition coefficient (Wildman–Crippen LogP) is 1.53. The first-order valence-corrected chi connectivity index (χ1v) is 3.48. The molecule has 53 valence electrons. The second kappa shape index (κ2) is 4.68. The van der Waals surface area contributed by atoms with Gasteiger partial charge in [-0.1, -0.05) is 19.6 Å². The van der Waals surface area contributed by atoms with E-state index < -0.39 is 5.25 Å². The molecule has 0 fully saturated rings. The fraction of sp³-hybridized carbons (Fsp3) is 0.833. The standard InChI is InChI=1S/C6H11O2S/c1-3-4-8-6(7)5(2)9/h5H,3-4H2,1-2H3. The Morgan fingerprint density at radius 1 is 1.78 bits per heavy atom. The van der Waals surface area contributed by atoms with E-state index in [4.69, 9.17) is 4.74 Å². The van der Waals surface area contributed by atoms with E-state index in [1.165, 1.54) is 0 Å². The van der Waals surface area contributed by atoms with Crippen molar-refractivity contribution in [2.75, 3.05) is 6.61 Å². The third-order valence-electron chi connectivity index (χ3n) is 0.780. The maximum atomic E-state index is 10.6. The van der Waals surface area contributed by atoms with Gasteiger partial charge >= 0.3 is 5.97 Å². The highest BCUT2D eigenvalue weighted by Gasteiger charge is 2.07. The van der Waals surface area contributed by atoms with Gasteiger partial charge in [0.15, 0.2) is 0 Å². The van der Waals surface area contributed by atoms with Gasteiger partial charge in [0.1, 0.15) is 5.25 Å². The lowest BCUT2D eigenvalue weighted by molar-refractivity contribution is -0.142. The van der Waals surface area contributed by atoms with Crippen LogP contribution in [0.25, 0.3) is 0 Å². The van der Waals surface area contributed by atoms with Crippen molar-refractivity contribution < 1.29 is 9.53 Å². The minimum Gasteiger partial charge on any atom is -0.465 e. The van der Waals surface area contributed by atoms with Gasteiger partial charge in [0.2, 0.25) is 0 Å². The molecule has 2 nitrogen and oxygen atoms in total. The number of carbonyl (C=O) groups excluding carboxylic acids is 1. The maximum absolute atomic E-state index is 10.6. The first-order valence-electron chi connectivity index (χ1n) is 3.01. The highest BCUT2D eigenvalue weighted by atomic mass is 32.1.